The number of thiophene rings is 1. The summed E-state index contributed by atoms with van der Waals surface area (Å²) in [6.07, 6.45) is 2.61. The molecule has 3 aromatic heterocycles. The first-order chi connectivity index (χ1) is 9.63. The molecule has 0 aromatic carbocycles. The van der Waals surface area contributed by atoms with Gasteiger partial charge in [-0.25, -0.2) is 9.97 Å². The third kappa shape index (κ3) is 1.89. The van der Waals surface area contributed by atoms with Gasteiger partial charge in [0.2, 0.25) is 0 Å². The Morgan fingerprint density at radius 2 is 2.10 bits per heavy atom. The zero-order valence-electron chi connectivity index (χ0n) is 12.0. The van der Waals surface area contributed by atoms with Gasteiger partial charge in [-0.05, 0) is 42.8 Å². The highest BCUT2D eigenvalue weighted by atomic mass is 32.1. The summed E-state index contributed by atoms with van der Waals surface area (Å²) in [6, 6.07) is 2.21. The van der Waals surface area contributed by atoms with E-state index in [1.807, 2.05) is 0 Å². The van der Waals surface area contributed by atoms with E-state index in [0.29, 0.717) is 5.82 Å². The zero-order valence-corrected chi connectivity index (χ0v) is 12.8. The number of hydrogen-bond donors (Lipinski definition) is 1. The maximum absolute atomic E-state index is 6.01. The standard InChI is InChI=1S/C15H18N4S/c1-4-11-5-6-20-12(11)7-19-10(3)9(2)13-14(16)17-8-18-15(13)19/h5-6,8H,4,7H2,1-3H3,(H2,16,17,18). The van der Waals surface area contributed by atoms with Gasteiger partial charge in [0.15, 0.2) is 0 Å². The fourth-order valence-corrected chi connectivity index (χ4v) is 3.62. The molecule has 20 heavy (non-hydrogen) atoms. The number of anilines is 1. The van der Waals surface area contributed by atoms with Crippen LogP contribution in [0.5, 0.6) is 0 Å². The predicted molar refractivity (Wildman–Crippen MR) is 84.2 cm³/mol. The number of fused-ring (bicyclic) bond motifs is 1. The molecule has 5 heteroatoms. The molecule has 0 aliphatic rings. The topological polar surface area (TPSA) is 56.7 Å². The van der Waals surface area contributed by atoms with Gasteiger partial charge in [-0.2, -0.15) is 0 Å². The van der Waals surface area contributed by atoms with Crippen LogP contribution >= 0.6 is 11.3 Å². The van der Waals surface area contributed by atoms with Crippen LogP contribution in [-0.4, -0.2) is 14.5 Å². The highest BCUT2D eigenvalue weighted by Crippen LogP contribution is 2.29. The van der Waals surface area contributed by atoms with Crippen molar-refractivity contribution in [3.63, 3.8) is 0 Å². The largest absolute Gasteiger partial charge is 0.383 e. The number of rotatable bonds is 3. The summed E-state index contributed by atoms with van der Waals surface area (Å²) in [5.41, 5.74) is 10.7. The number of hydrogen-bond acceptors (Lipinski definition) is 4. The number of aromatic nitrogens is 3. The molecule has 3 rings (SSSR count). The van der Waals surface area contributed by atoms with Gasteiger partial charge < -0.3 is 10.3 Å². The smallest absolute Gasteiger partial charge is 0.146 e. The minimum atomic E-state index is 0.566. The number of nitrogens with zero attached hydrogens (tertiary/aromatic N) is 3. The van der Waals surface area contributed by atoms with E-state index in [4.69, 9.17) is 5.73 Å². The molecule has 0 amide bonds. The molecule has 0 unspecified atom stereocenters. The second-order valence-electron chi connectivity index (χ2n) is 4.98. The first-order valence-electron chi connectivity index (χ1n) is 6.74. The van der Waals surface area contributed by atoms with Crippen molar-refractivity contribution in [2.24, 2.45) is 0 Å². The molecule has 4 nitrogen and oxygen atoms in total. The summed E-state index contributed by atoms with van der Waals surface area (Å²) in [5, 5.41) is 3.14. The molecule has 2 N–H and O–H groups in total. The fourth-order valence-electron chi connectivity index (χ4n) is 2.65. The van der Waals surface area contributed by atoms with Gasteiger partial charge in [0.05, 0.1) is 11.9 Å². The van der Waals surface area contributed by atoms with E-state index >= 15 is 0 Å². The molecule has 0 fully saturated rings. The van der Waals surface area contributed by atoms with E-state index in [1.165, 1.54) is 21.7 Å². The quantitative estimate of drug-likeness (QED) is 0.803. The average molecular weight is 286 g/mol. The van der Waals surface area contributed by atoms with Gasteiger partial charge in [0.25, 0.3) is 0 Å². The predicted octanol–water partition coefficient (Wildman–Crippen LogP) is 3.30. The van der Waals surface area contributed by atoms with Crippen molar-refractivity contribution in [1.82, 2.24) is 14.5 Å². The molecule has 0 bridgehead atoms. The van der Waals surface area contributed by atoms with E-state index in [2.05, 4.69) is 46.8 Å². The first-order valence-corrected chi connectivity index (χ1v) is 7.62. The third-order valence-electron chi connectivity index (χ3n) is 3.96. The van der Waals surface area contributed by atoms with Crippen molar-refractivity contribution in [2.75, 3.05) is 5.73 Å². The van der Waals surface area contributed by atoms with Crippen LogP contribution in [0.15, 0.2) is 17.8 Å². The Morgan fingerprint density at radius 1 is 1.30 bits per heavy atom. The molecule has 0 radical (unpaired) electrons. The van der Waals surface area contributed by atoms with Crippen molar-refractivity contribution < 1.29 is 0 Å². The molecule has 104 valence electrons. The van der Waals surface area contributed by atoms with Crippen LogP contribution in [0.4, 0.5) is 5.82 Å². The molecule has 3 heterocycles. The number of nitrogen functional groups attached to an aromatic ring is 1. The zero-order chi connectivity index (χ0) is 14.3. The molecule has 0 atom stereocenters. The van der Waals surface area contributed by atoms with Crippen LogP contribution in [0, 0.1) is 13.8 Å². The Morgan fingerprint density at radius 3 is 2.85 bits per heavy atom. The lowest BCUT2D eigenvalue weighted by Crippen LogP contribution is -2.03. The lowest BCUT2D eigenvalue weighted by Gasteiger charge is -2.08. The van der Waals surface area contributed by atoms with E-state index in [-0.39, 0.29) is 0 Å². The van der Waals surface area contributed by atoms with Gasteiger partial charge in [-0.15, -0.1) is 11.3 Å². The van der Waals surface area contributed by atoms with Gasteiger partial charge in [-0.3, -0.25) is 0 Å². The van der Waals surface area contributed by atoms with E-state index < -0.39 is 0 Å². The summed E-state index contributed by atoms with van der Waals surface area (Å²) in [6.45, 7) is 7.25. The molecule has 0 aliphatic carbocycles. The normalized spacial score (nSPS) is 11.3. The Kier molecular flexibility index (Phi) is 3.22. The van der Waals surface area contributed by atoms with Crippen molar-refractivity contribution in [3.8, 4) is 0 Å². The molecular formula is C15H18N4S. The van der Waals surface area contributed by atoms with E-state index in [9.17, 15) is 0 Å². The Balaban J connectivity index is 2.17. The van der Waals surface area contributed by atoms with Crippen LogP contribution in [0.3, 0.4) is 0 Å². The number of aryl methyl sites for hydroxylation is 2. The third-order valence-corrected chi connectivity index (χ3v) is 4.90. The lowest BCUT2D eigenvalue weighted by molar-refractivity contribution is 0.793. The highest BCUT2D eigenvalue weighted by molar-refractivity contribution is 7.10. The Bertz CT molecular complexity index is 770. The van der Waals surface area contributed by atoms with Gasteiger partial charge in [-0.1, -0.05) is 6.92 Å². The van der Waals surface area contributed by atoms with Crippen molar-refractivity contribution >= 4 is 28.2 Å². The summed E-state index contributed by atoms with van der Waals surface area (Å²) in [7, 11) is 0. The lowest BCUT2D eigenvalue weighted by atomic mass is 10.2. The monoisotopic (exact) mass is 286 g/mol. The Hall–Kier alpha value is -1.88. The minimum absolute atomic E-state index is 0.566. The van der Waals surface area contributed by atoms with Crippen molar-refractivity contribution in [1.29, 1.82) is 0 Å². The summed E-state index contributed by atoms with van der Waals surface area (Å²) in [5.74, 6) is 0.566. The van der Waals surface area contributed by atoms with Crippen LogP contribution in [0.1, 0.15) is 28.6 Å². The fraction of sp³-hybridized carbons (Fsp3) is 0.333. The first kappa shape index (κ1) is 13.1. The van der Waals surface area contributed by atoms with Gasteiger partial charge in [0.1, 0.15) is 17.8 Å². The molecule has 3 aromatic rings. The van der Waals surface area contributed by atoms with Crippen LogP contribution in [0.25, 0.3) is 11.0 Å². The van der Waals surface area contributed by atoms with Gasteiger partial charge in [0, 0.05) is 10.6 Å². The van der Waals surface area contributed by atoms with Crippen LogP contribution < -0.4 is 5.73 Å². The maximum Gasteiger partial charge on any atom is 0.146 e. The van der Waals surface area contributed by atoms with Gasteiger partial charge >= 0.3 is 0 Å². The molecule has 0 saturated carbocycles. The second-order valence-corrected chi connectivity index (χ2v) is 5.98. The minimum Gasteiger partial charge on any atom is -0.383 e. The summed E-state index contributed by atoms with van der Waals surface area (Å²) >= 11 is 1.80. The molecular weight excluding hydrogens is 268 g/mol. The summed E-state index contributed by atoms with van der Waals surface area (Å²) in [4.78, 5) is 9.94. The maximum atomic E-state index is 6.01. The molecule has 0 spiro atoms. The average Bonchev–Trinajstić information content (AvgIpc) is 2.98. The second kappa shape index (κ2) is 4.90. The van der Waals surface area contributed by atoms with E-state index in [0.717, 1.165) is 24.0 Å². The van der Waals surface area contributed by atoms with Crippen LogP contribution in [0.2, 0.25) is 0 Å². The van der Waals surface area contributed by atoms with E-state index in [1.54, 1.807) is 17.7 Å². The SMILES string of the molecule is CCc1ccsc1Cn1c(C)c(C)c2c(N)ncnc21. The van der Waals surface area contributed by atoms with Crippen molar-refractivity contribution in [3.05, 3.63) is 39.5 Å². The number of nitrogens with two attached hydrogens (primary N) is 1. The highest BCUT2D eigenvalue weighted by Gasteiger charge is 2.16. The Labute approximate surface area is 122 Å². The molecule has 0 saturated heterocycles. The van der Waals surface area contributed by atoms with Crippen LogP contribution in [-0.2, 0) is 13.0 Å². The van der Waals surface area contributed by atoms with Crippen molar-refractivity contribution in [2.45, 2.75) is 33.7 Å². The summed E-state index contributed by atoms with van der Waals surface area (Å²) < 4.78 is 2.24. The molecule has 0 aliphatic heterocycles.